The second-order valence-electron chi connectivity index (χ2n) is 5.08. The molecule has 2 N–H and O–H groups in total. The molecule has 9 heteroatoms. The Balaban J connectivity index is 1.68. The summed E-state index contributed by atoms with van der Waals surface area (Å²) in [7, 11) is -3.48. The van der Waals surface area contributed by atoms with Crippen LogP contribution in [0, 0.1) is 11.3 Å². The Bertz CT molecular complexity index is 1040. The topological polar surface area (TPSA) is 94.9 Å². The third-order valence-corrected chi connectivity index (χ3v) is 6.47. The van der Waals surface area contributed by atoms with E-state index in [1.54, 1.807) is 41.8 Å². The van der Waals surface area contributed by atoms with E-state index in [0.717, 1.165) is 11.3 Å². The van der Waals surface area contributed by atoms with Gasteiger partial charge in [0.2, 0.25) is 10.0 Å². The van der Waals surface area contributed by atoms with Crippen LogP contribution in [-0.4, -0.2) is 26.5 Å². The first-order valence-electron chi connectivity index (χ1n) is 7.27. The first-order valence-corrected chi connectivity index (χ1v) is 10.0. The van der Waals surface area contributed by atoms with Crippen molar-refractivity contribution in [3.8, 4) is 6.07 Å². The summed E-state index contributed by atoms with van der Waals surface area (Å²) in [6.45, 7) is 0.532. The summed E-state index contributed by atoms with van der Waals surface area (Å²) in [5.41, 5.74) is 1.10. The number of nitriles is 1. The second-order valence-corrected chi connectivity index (χ2v) is 8.46. The number of hydrogen-bond acceptors (Lipinski definition) is 6. The largest absolute Gasteiger partial charge is 0.369 e. The predicted octanol–water partition coefficient (Wildman–Crippen LogP) is 3.21. The SMILES string of the molecule is N#Cc1cc(NCCNS(=O)(=O)c2cccs2)nc2ccc(Cl)cc12. The van der Waals surface area contributed by atoms with Crippen molar-refractivity contribution in [1.29, 1.82) is 5.26 Å². The molecule has 3 aromatic rings. The molecule has 25 heavy (non-hydrogen) atoms. The second kappa shape index (κ2) is 7.37. The van der Waals surface area contributed by atoms with Gasteiger partial charge in [0.05, 0.1) is 17.1 Å². The summed E-state index contributed by atoms with van der Waals surface area (Å²) in [6, 6.07) is 12.1. The van der Waals surface area contributed by atoms with Gasteiger partial charge in [-0.15, -0.1) is 11.3 Å². The van der Waals surface area contributed by atoms with E-state index in [0.29, 0.717) is 33.9 Å². The lowest BCUT2D eigenvalue weighted by Crippen LogP contribution is -2.28. The molecule has 2 aromatic heterocycles. The van der Waals surface area contributed by atoms with Crippen LogP contribution in [0.3, 0.4) is 0 Å². The van der Waals surface area contributed by atoms with Gasteiger partial charge in [0.15, 0.2) is 0 Å². The van der Waals surface area contributed by atoms with E-state index in [1.165, 1.54) is 0 Å². The monoisotopic (exact) mass is 392 g/mol. The highest BCUT2D eigenvalue weighted by Crippen LogP contribution is 2.23. The minimum atomic E-state index is -3.48. The fraction of sp³-hybridized carbons (Fsp3) is 0.125. The molecule has 128 valence electrons. The van der Waals surface area contributed by atoms with Gasteiger partial charge in [-0.1, -0.05) is 17.7 Å². The number of fused-ring (bicyclic) bond motifs is 1. The molecule has 0 amide bonds. The van der Waals surface area contributed by atoms with Crippen molar-refractivity contribution in [1.82, 2.24) is 9.71 Å². The summed E-state index contributed by atoms with van der Waals surface area (Å²) >= 11 is 7.12. The Morgan fingerprint density at radius 1 is 1.24 bits per heavy atom. The van der Waals surface area contributed by atoms with Gasteiger partial charge in [-0.3, -0.25) is 0 Å². The minimum absolute atomic E-state index is 0.197. The highest BCUT2D eigenvalue weighted by atomic mass is 35.5. The molecule has 1 aromatic carbocycles. The van der Waals surface area contributed by atoms with Crippen LogP contribution in [0.4, 0.5) is 5.82 Å². The molecule has 0 aliphatic heterocycles. The Labute approximate surface area is 154 Å². The normalized spacial score (nSPS) is 11.4. The van der Waals surface area contributed by atoms with E-state index in [9.17, 15) is 13.7 Å². The molecule has 0 radical (unpaired) electrons. The Morgan fingerprint density at radius 3 is 2.80 bits per heavy atom. The Kier molecular flexibility index (Phi) is 5.20. The number of halogens is 1. The fourth-order valence-electron chi connectivity index (χ4n) is 2.24. The van der Waals surface area contributed by atoms with Crippen molar-refractivity contribution >= 4 is 49.7 Å². The zero-order valence-electron chi connectivity index (χ0n) is 12.9. The number of hydrogen-bond donors (Lipinski definition) is 2. The molecule has 0 bridgehead atoms. The van der Waals surface area contributed by atoms with Crippen LogP contribution in [0.2, 0.25) is 5.02 Å². The van der Waals surface area contributed by atoms with Crippen LogP contribution >= 0.6 is 22.9 Å². The first-order chi connectivity index (χ1) is 12.0. The van der Waals surface area contributed by atoms with Gasteiger partial charge in [-0.05, 0) is 35.7 Å². The number of thiophene rings is 1. The van der Waals surface area contributed by atoms with Crippen LogP contribution in [0.1, 0.15) is 5.56 Å². The van der Waals surface area contributed by atoms with Gasteiger partial charge < -0.3 is 5.32 Å². The zero-order valence-corrected chi connectivity index (χ0v) is 15.2. The smallest absolute Gasteiger partial charge is 0.250 e. The number of sulfonamides is 1. The number of pyridine rings is 1. The third-order valence-electron chi connectivity index (χ3n) is 3.37. The van der Waals surface area contributed by atoms with Crippen LogP contribution in [0.25, 0.3) is 10.9 Å². The highest BCUT2D eigenvalue weighted by Gasteiger charge is 2.14. The highest BCUT2D eigenvalue weighted by molar-refractivity contribution is 7.91. The van der Waals surface area contributed by atoms with Crippen molar-refractivity contribution in [2.24, 2.45) is 0 Å². The molecule has 0 atom stereocenters. The molecule has 0 aliphatic carbocycles. The van der Waals surface area contributed by atoms with Crippen molar-refractivity contribution in [3.05, 3.63) is 52.4 Å². The lowest BCUT2D eigenvalue weighted by molar-refractivity contribution is 0.585. The summed E-state index contributed by atoms with van der Waals surface area (Å²) < 4.78 is 26.8. The van der Waals surface area contributed by atoms with E-state index in [2.05, 4.69) is 21.1 Å². The number of benzene rings is 1. The summed E-state index contributed by atoms with van der Waals surface area (Å²) in [5, 5.41) is 15.2. The van der Waals surface area contributed by atoms with Crippen LogP contribution in [-0.2, 0) is 10.0 Å². The molecular formula is C16H13ClN4O2S2. The van der Waals surface area contributed by atoms with Gasteiger partial charge in [-0.25, -0.2) is 18.1 Å². The van der Waals surface area contributed by atoms with Gasteiger partial charge in [0.1, 0.15) is 10.0 Å². The van der Waals surface area contributed by atoms with E-state index in [4.69, 9.17) is 11.6 Å². The zero-order chi connectivity index (χ0) is 17.9. The molecule has 0 fully saturated rings. The maximum atomic E-state index is 12.0. The van der Waals surface area contributed by atoms with E-state index >= 15 is 0 Å². The number of nitrogens with one attached hydrogen (secondary N) is 2. The van der Waals surface area contributed by atoms with E-state index < -0.39 is 10.0 Å². The van der Waals surface area contributed by atoms with Crippen LogP contribution < -0.4 is 10.0 Å². The Hall–Kier alpha value is -2.18. The molecule has 3 rings (SSSR count). The van der Waals surface area contributed by atoms with Crippen molar-refractivity contribution in [2.75, 3.05) is 18.4 Å². The van der Waals surface area contributed by atoms with E-state index in [1.807, 2.05) is 0 Å². The maximum Gasteiger partial charge on any atom is 0.250 e. The molecule has 0 saturated heterocycles. The Morgan fingerprint density at radius 2 is 2.08 bits per heavy atom. The summed E-state index contributed by atoms with van der Waals surface area (Å²) in [6.07, 6.45) is 0. The third kappa shape index (κ3) is 4.08. The predicted molar refractivity (Wildman–Crippen MR) is 99.5 cm³/mol. The lowest BCUT2D eigenvalue weighted by atomic mass is 10.1. The van der Waals surface area contributed by atoms with Gasteiger partial charge in [0, 0.05) is 23.5 Å². The van der Waals surface area contributed by atoms with Crippen LogP contribution in [0.5, 0.6) is 0 Å². The minimum Gasteiger partial charge on any atom is -0.369 e. The van der Waals surface area contributed by atoms with Crippen molar-refractivity contribution in [2.45, 2.75) is 4.21 Å². The standard InChI is InChI=1S/C16H13ClN4O2S2/c17-12-3-4-14-13(9-12)11(10-18)8-15(21-14)19-5-6-20-25(22,23)16-2-1-7-24-16/h1-4,7-9,20H,5-6H2,(H,19,21). The molecule has 0 saturated carbocycles. The maximum absolute atomic E-state index is 12.0. The average Bonchev–Trinajstić information content (AvgIpc) is 3.14. The van der Waals surface area contributed by atoms with Gasteiger partial charge >= 0.3 is 0 Å². The number of anilines is 1. The lowest BCUT2D eigenvalue weighted by Gasteiger charge is -2.09. The number of rotatable bonds is 6. The molecule has 0 spiro atoms. The quantitative estimate of drug-likeness (QED) is 0.628. The van der Waals surface area contributed by atoms with E-state index in [-0.39, 0.29) is 10.8 Å². The fourth-order valence-corrected chi connectivity index (χ4v) is 4.49. The van der Waals surface area contributed by atoms with Gasteiger partial charge in [0.25, 0.3) is 0 Å². The average molecular weight is 393 g/mol. The number of nitrogens with zero attached hydrogens (tertiary/aromatic N) is 2. The first kappa shape index (κ1) is 17.6. The molecule has 0 unspecified atom stereocenters. The molecular weight excluding hydrogens is 380 g/mol. The summed E-state index contributed by atoms with van der Waals surface area (Å²) in [4.78, 5) is 4.41. The van der Waals surface area contributed by atoms with Crippen molar-refractivity contribution in [3.63, 3.8) is 0 Å². The molecule has 0 aliphatic rings. The molecule has 6 nitrogen and oxygen atoms in total. The van der Waals surface area contributed by atoms with Crippen LogP contribution in [0.15, 0.2) is 46.0 Å². The number of aromatic nitrogens is 1. The van der Waals surface area contributed by atoms with Gasteiger partial charge in [-0.2, -0.15) is 5.26 Å². The summed E-state index contributed by atoms with van der Waals surface area (Å²) in [5.74, 6) is 0.502. The molecule has 2 heterocycles. The van der Waals surface area contributed by atoms with Crippen molar-refractivity contribution < 1.29 is 8.42 Å².